The SMILES string of the molecule is O=c1nc(Nc2cccc(C(F)(F)F)c2)n(Cc2ccc(C(F)(F)F)cc2)c(=O)n1C1CCCCC1. The molecule has 1 aliphatic rings. The van der Waals surface area contributed by atoms with Crippen molar-refractivity contribution >= 4 is 11.6 Å². The first kappa shape index (κ1) is 25.5. The number of nitrogens with zero attached hydrogens (tertiary/aromatic N) is 3. The number of benzene rings is 2. The molecule has 0 radical (unpaired) electrons. The van der Waals surface area contributed by atoms with Gasteiger partial charge in [-0.3, -0.25) is 4.57 Å². The molecule has 0 atom stereocenters. The van der Waals surface area contributed by atoms with Crippen molar-refractivity contribution in [1.29, 1.82) is 0 Å². The van der Waals surface area contributed by atoms with E-state index in [1.165, 1.54) is 18.2 Å². The lowest BCUT2D eigenvalue weighted by Gasteiger charge is -2.24. The van der Waals surface area contributed by atoms with Crippen molar-refractivity contribution in [2.24, 2.45) is 0 Å². The monoisotopic (exact) mass is 512 g/mol. The van der Waals surface area contributed by atoms with Gasteiger partial charge in [0, 0.05) is 11.7 Å². The topological polar surface area (TPSA) is 68.9 Å². The summed E-state index contributed by atoms with van der Waals surface area (Å²) in [7, 11) is 0. The van der Waals surface area contributed by atoms with E-state index in [0.29, 0.717) is 18.4 Å². The molecule has 1 aliphatic carbocycles. The van der Waals surface area contributed by atoms with Crippen LogP contribution in [0.25, 0.3) is 0 Å². The summed E-state index contributed by atoms with van der Waals surface area (Å²) in [5.74, 6) is -0.309. The second-order valence-electron chi connectivity index (χ2n) is 8.65. The second kappa shape index (κ2) is 9.82. The molecule has 4 rings (SSSR count). The zero-order valence-electron chi connectivity index (χ0n) is 18.9. The van der Waals surface area contributed by atoms with Crippen LogP contribution in [0.15, 0.2) is 58.1 Å². The molecule has 0 spiro atoms. The van der Waals surface area contributed by atoms with E-state index in [-0.39, 0.29) is 24.2 Å². The van der Waals surface area contributed by atoms with Crippen molar-refractivity contribution in [1.82, 2.24) is 14.1 Å². The van der Waals surface area contributed by atoms with Crippen LogP contribution in [0.4, 0.5) is 38.0 Å². The number of alkyl halides is 6. The Kier molecular flexibility index (Phi) is 6.96. The van der Waals surface area contributed by atoms with E-state index in [4.69, 9.17) is 0 Å². The molecule has 1 heterocycles. The Bertz CT molecular complexity index is 1340. The summed E-state index contributed by atoms with van der Waals surface area (Å²) in [5.41, 5.74) is -3.15. The lowest BCUT2D eigenvalue weighted by molar-refractivity contribution is -0.138. The molecular weight excluding hydrogens is 490 g/mol. The fraction of sp³-hybridized carbons (Fsp3) is 0.375. The molecule has 1 saturated carbocycles. The largest absolute Gasteiger partial charge is 0.416 e. The molecule has 6 nitrogen and oxygen atoms in total. The second-order valence-corrected chi connectivity index (χ2v) is 8.65. The van der Waals surface area contributed by atoms with E-state index in [9.17, 15) is 35.9 Å². The Morgan fingerprint density at radius 2 is 1.50 bits per heavy atom. The lowest BCUT2D eigenvalue weighted by atomic mass is 9.95. The first-order chi connectivity index (χ1) is 16.9. The zero-order chi connectivity index (χ0) is 26.1. The molecule has 2 aromatic carbocycles. The van der Waals surface area contributed by atoms with E-state index in [0.717, 1.165) is 58.7 Å². The lowest BCUT2D eigenvalue weighted by Crippen LogP contribution is -2.45. The van der Waals surface area contributed by atoms with Crippen molar-refractivity contribution < 1.29 is 26.3 Å². The van der Waals surface area contributed by atoms with Crippen molar-refractivity contribution in [3.8, 4) is 0 Å². The van der Waals surface area contributed by atoms with Crippen molar-refractivity contribution in [3.63, 3.8) is 0 Å². The number of halogens is 6. The van der Waals surface area contributed by atoms with Crippen LogP contribution in [0.1, 0.15) is 54.8 Å². The highest BCUT2D eigenvalue weighted by Gasteiger charge is 2.31. The Hall–Kier alpha value is -3.57. The van der Waals surface area contributed by atoms with Gasteiger partial charge in [0.2, 0.25) is 5.95 Å². The van der Waals surface area contributed by atoms with Gasteiger partial charge in [0.05, 0.1) is 17.7 Å². The van der Waals surface area contributed by atoms with E-state index >= 15 is 0 Å². The number of hydrogen-bond acceptors (Lipinski definition) is 4. The van der Waals surface area contributed by atoms with Gasteiger partial charge in [-0.15, -0.1) is 0 Å². The van der Waals surface area contributed by atoms with E-state index in [1.807, 2.05) is 0 Å². The summed E-state index contributed by atoms with van der Waals surface area (Å²) in [6.07, 6.45) is -5.36. The molecule has 12 heteroatoms. The van der Waals surface area contributed by atoms with Crippen LogP contribution < -0.4 is 16.7 Å². The highest BCUT2D eigenvalue weighted by molar-refractivity contribution is 5.55. The highest BCUT2D eigenvalue weighted by Crippen LogP contribution is 2.32. The Morgan fingerprint density at radius 3 is 2.11 bits per heavy atom. The predicted octanol–water partition coefficient (Wildman–Crippen LogP) is 5.74. The smallest absolute Gasteiger partial charge is 0.325 e. The maximum Gasteiger partial charge on any atom is 0.416 e. The fourth-order valence-electron chi connectivity index (χ4n) is 4.28. The molecule has 1 N–H and O–H groups in total. The summed E-state index contributed by atoms with van der Waals surface area (Å²) >= 11 is 0. The van der Waals surface area contributed by atoms with Crippen molar-refractivity contribution in [2.45, 2.75) is 57.0 Å². The molecule has 1 fully saturated rings. The normalized spacial score (nSPS) is 15.2. The van der Waals surface area contributed by atoms with Gasteiger partial charge in [0.15, 0.2) is 0 Å². The predicted molar refractivity (Wildman–Crippen MR) is 120 cm³/mol. The molecule has 36 heavy (non-hydrogen) atoms. The standard InChI is InChI=1S/C24H22F6N4O2/c25-23(26,27)16-11-9-15(10-12-16)14-33-20(31-18-6-4-5-17(13-18)24(28,29)30)32-21(35)34(22(33)36)19-7-2-1-3-8-19/h4-6,9-13,19H,1-3,7-8,14H2,(H,31,32,35). The quantitative estimate of drug-likeness (QED) is 0.443. The maximum atomic E-state index is 13.4. The molecule has 0 saturated heterocycles. The minimum absolute atomic E-state index is 0.0623. The molecule has 1 aromatic heterocycles. The van der Waals surface area contributed by atoms with Crippen LogP contribution in [0.2, 0.25) is 0 Å². The third kappa shape index (κ3) is 5.63. The Balaban J connectivity index is 1.77. The average Bonchev–Trinajstić information content (AvgIpc) is 2.81. The molecule has 192 valence electrons. The van der Waals surface area contributed by atoms with Crippen molar-refractivity contribution in [2.75, 3.05) is 5.32 Å². The van der Waals surface area contributed by atoms with Crippen molar-refractivity contribution in [3.05, 3.63) is 86.2 Å². The first-order valence-electron chi connectivity index (χ1n) is 11.3. The van der Waals surface area contributed by atoms with Crippen LogP contribution >= 0.6 is 0 Å². The molecule has 0 amide bonds. The van der Waals surface area contributed by atoms with Gasteiger partial charge in [0.1, 0.15) is 0 Å². The summed E-state index contributed by atoms with van der Waals surface area (Å²) < 4.78 is 80.3. The summed E-state index contributed by atoms with van der Waals surface area (Å²) in [6, 6.07) is 7.89. The number of hydrogen-bond donors (Lipinski definition) is 1. The van der Waals surface area contributed by atoms with Gasteiger partial charge in [-0.05, 0) is 48.7 Å². The summed E-state index contributed by atoms with van der Waals surface area (Å²) in [4.78, 5) is 30.2. The number of rotatable bonds is 5. The van der Waals surface area contributed by atoms with E-state index in [2.05, 4.69) is 10.3 Å². The summed E-state index contributed by atoms with van der Waals surface area (Å²) in [5, 5.41) is 2.61. The fourth-order valence-corrected chi connectivity index (χ4v) is 4.28. The minimum atomic E-state index is -4.62. The number of nitrogens with one attached hydrogen (secondary N) is 1. The van der Waals surface area contributed by atoms with Crippen LogP contribution in [-0.4, -0.2) is 14.1 Å². The van der Waals surface area contributed by atoms with Gasteiger partial charge in [-0.1, -0.05) is 37.5 Å². The first-order valence-corrected chi connectivity index (χ1v) is 11.3. The molecule has 3 aromatic rings. The average molecular weight is 512 g/mol. The summed E-state index contributed by atoms with van der Waals surface area (Å²) in [6.45, 7) is -0.252. The Labute approximate surface area is 201 Å². The number of aromatic nitrogens is 3. The zero-order valence-corrected chi connectivity index (χ0v) is 18.9. The molecule has 0 aliphatic heterocycles. The van der Waals surface area contributed by atoms with Gasteiger partial charge < -0.3 is 5.32 Å². The third-order valence-corrected chi connectivity index (χ3v) is 6.11. The van der Waals surface area contributed by atoms with Gasteiger partial charge >= 0.3 is 23.7 Å². The molecule has 0 bridgehead atoms. The Morgan fingerprint density at radius 1 is 0.861 bits per heavy atom. The van der Waals surface area contributed by atoms with Crippen LogP contribution in [0.5, 0.6) is 0 Å². The maximum absolute atomic E-state index is 13.4. The van der Waals surface area contributed by atoms with E-state index < -0.39 is 34.9 Å². The highest BCUT2D eigenvalue weighted by atomic mass is 19.4. The van der Waals surface area contributed by atoms with Crippen LogP contribution in [0.3, 0.4) is 0 Å². The minimum Gasteiger partial charge on any atom is -0.325 e. The molecular formula is C24H22F6N4O2. The van der Waals surface area contributed by atoms with Gasteiger partial charge in [-0.25, -0.2) is 14.2 Å². The molecule has 0 unspecified atom stereocenters. The van der Waals surface area contributed by atoms with E-state index in [1.54, 1.807) is 0 Å². The number of anilines is 2. The third-order valence-electron chi connectivity index (χ3n) is 6.11. The van der Waals surface area contributed by atoms with Crippen LogP contribution in [-0.2, 0) is 18.9 Å². The van der Waals surface area contributed by atoms with Gasteiger partial charge in [0.25, 0.3) is 0 Å². The van der Waals surface area contributed by atoms with Crippen LogP contribution in [0, 0.1) is 0 Å². The van der Waals surface area contributed by atoms with Gasteiger partial charge in [-0.2, -0.15) is 31.3 Å².